The van der Waals surface area contributed by atoms with Crippen LogP contribution in [-0.2, 0) is 21.7 Å². The third-order valence-corrected chi connectivity index (χ3v) is 8.09. The molecule has 0 aliphatic heterocycles. The fourth-order valence-electron chi connectivity index (χ4n) is 4.95. The number of benzene rings is 2. The number of nitrogens with zero attached hydrogens (tertiary/aromatic N) is 7. The van der Waals surface area contributed by atoms with Crippen molar-refractivity contribution in [3.05, 3.63) is 89.2 Å². The van der Waals surface area contributed by atoms with Crippen LogP contribution in [0, 0.1) is 0 Å². The molecule has 2 aromatic carbocycles. The maximum absolute atomic E-state index is 4.92. The Hall–Kier alpha value is -4.13. The number of rotatable bonds is 4. The number of hydrogen-bond donors (Lipinski definition) is 0. The summed E-state index contributed by atoms with van der Waals surface area (Å²) in [6.45, 7) is 26.9. The summed E-state index contributed by atoms with van der Waals surface area (Å²) in [5.41, 5.74) is 9.95. The van der Waals surface area contributed by atoms with E-state index in [0.29, 0.717) is 11.4 Å². The van der Waals surface area contributed by atoms with Crippen molar-refractivity contribution < 1.29 is 0 Å². The minimum atomic E-state index is 0.00905. The van der Waals surface area contributed by atoms with Crippen LogP contribution in [0.3, 0.4) is 0 Å². The van der Waals surface area contributed by atoms with Gasteiger partial charge >= 0.3 is 0 Å². The second-order valence-electron chi connectivity index (χ2n) is 16.0. The lowest BCUT2D eigenvalue weighted by Gasteiger charge is -2.26. The summed E-state index contributed by atoms with van der Waals surface area (Å²) in [7, 11) is 0. The Balaban J connectivity index is 1.49. The highest BCUT2D eigenvalue weighted by Gasteiger charge is 2.23. The van der Waals surface area contributed by atoms with Crippen molar-refractivity contribution >= 4 is 0 Å². The number of hydrogen-bond acceptors (Lipinski definition) is 5. The molecule has 0 aliphatic rings. The molecule has 230 valence electrons. The van der Waals surface area contributed by atoms with Crippen LogP contribution in [0.4, 0.5) is 0 Å². The van der Waals surface area contributed by atoms with Gasteiger partial charge in [-0.25, -0.2) is 14.3 Å². The molecule has 0 amide bonds. The molecule has 0 N–H and O–H groups in total. The molecule has 0 aliphatic carbocycles. The Morgan fingerprint density at radius 2 is 0.750 bits per heavy atom. The zero-order valence-corrected chi connectivity index (χ0v) is 28.5. The lowest BCUT2D eigenvalue weighted by Crippen LogP contribution is -2.17. The molecule has 0 saturated carbocycles. The normalized spacial score (nSPS) is 13.0. The van der Waals surface area contributed by atoms with E-state index in [1.807, 2.05) is 40.0 Å². The SMILES string of the molecule is CC(C)(C)c1cc(-n2cc(-c3cccc(-c4cn(-c5cc(C(C)(C)C)cc(C(C)(C)C)c5)nn4)n3)nn2)cc(C(C)(C)C)c1. The molecule has 5 rings (SSSR count). The van der Waals surface area contributed by atoms with Gasteiger partial charge in [-0.3, -0.25) is 0 Å². The van der Waals surface area contributed by atoms with Crippen LogP contribution in [-0.4, -0.2) is 35.0 Å². The van der Waals surface area contributed by atoms with E-state index in [0.717, 1.165) is 22.8 Å². The van der Waals surface area contributed by atoms with Gasteiger partial charge in [-0.15, -0.1) is 10.2 Å². The average molecular weight is 590 g/mol. The molecular weight excluding hydrogens is 542 g/mol. The molecule has 0 unspecified atom stereocenters. The van der Waals surface area contributed by atoms with Crippen molar-refractivity contribution in [1.82, 2.24) is 35.0 Å². The fourth-order valence-corrected chi connectivity index (χ4v) is 4.95. The van der Waals surface area contributed by atoms with Crippen molar-refractivity contribution in [2.45, 2.75) is 105 Å². The van der Waals surface area contributed by atoms with E-state index >= 15 is 0 Å². The van der Waals surface area contributed by atoms with E-state index in [-0.39, 0.29) is 21.7 Å². The smallest absolute Gasteiger partial charge is 0.131 e. The minimum Gasteiger partial charge on any atom is -0.244 e. The monoisotopic (exact) mass is 589 g/mol. The van der Waals surface area contributed by atoms with Crippen molar-refractivity contribution in [3.63, 3.8) is 0 Å². The van der Waals surface area contributed by atoms with Crippen LogP contribution >= 0.6 is 0 Å². The van der Waals surface area contributed by atoms with Gasteiger partial charge in [-0.2, -0.15) is 0 Å². The topological polar surface area (TPSA) is 74.3 Å². The standard InChI is InChI=1S/C37H47N7/c1-34(2,3)24-16-25(35(4,5)6)19-28(18-24)43-22-32(39-41-43)30-14-13-15-31(38-30)33-23-44(42-40-33)29-20-26(36(7,8)9)17-27(21-29)37(10,11)12/h13-23H,1-12H3. The van der Waals surface area contributed by atoms with E-state index in [1.165, 1.54) is 22.3 Å². The van der Waals surface area contributed by atoms with Crippen molar-refractivity contribution in [3.8, 4) is 34.2 Å². The molecule has 0 saturated heterocycles. The fraction of sp³-hybridized carbons (Fsp3) is 0.432. The predicted molar refractivity (Wildman–Crippen MR) is 180 cm³/mol. The zero-order valence-electron chi connectivity index (χ0n) is 28.5. The molecular formula is C37H47N7. The molecule has 44 heavy (non-hydrogen) atoms. The summed E-state index contributed by atoms with van der Waals surface area (Å²) in [6.07, 6.45) is 3.90. The third-order valence-electron chi connectivity index (χ3n) is 8.09. The first-order valence-corrected chi connectivity index (χ1v) is 15.4. The van der Waals surface area contributed by atoms with E-state index < -0.39 is 0 Å². The summed E-state index contributed by atoms with van der Waals surface area (Å²) in [5.74, 6) is 0. The Kier molecular flexibility index (Phi) is 7.68. The van der Waals surface area contributed by atoms with Crippen LogP contribution in [0.15, 0.2) is 67.0 Å². The Morgan fingerprint density at radius 1 is 0.432 bits per heavy atom. The average Bonchev–Trinajstić information content (AvgIpc) is 3.62. The van der Waals surface area contributed by atoms with Crippen molar-refractivity contribution in [2.24, 2.45) is 0 Å². The van der Waals surface area contributed by atoms with E-state index in [2.05, 4.69) is 140 Å². The van der Waals surface area contributed by atoms with Gasteiger partial charge in [0.15, 0.2) is 0 Å². The van der Waals surface area contributed by atoms with Gasteiger partial charge in [-0.05, 0) is 80.3 Å². The third kappa shape index (κ3) is 6.67. The molecule has 3 aromatic heterocycles. The Labute approximate surface area is 262 Å². The molecule has 0 radical (unpaired) electrons. The highest BCUT2D eigenvalue weighted by atomic mass is 15.4. The highest BCUT2D eigenvalue weighted by molar-refractivity contribution is 5.61. The van der Waals surface area contributed by atoms with E-state index in [9.17, 15) is 0 Å². The Bertz CT molecular complexity index is 1600. The van der Waals surface area contributed by atoms with Crippen LogP contribution < -0.4 is 0 Å². The van der Waals surface area contributed by atoms with Crippen molar-refractivity contribution in [2.75, 3.05) is 0 Å². The van der Waals surface area contributed by atoms with Gasteiger partial charge < -0.3 is 0 Å². The van der Waals surface area contributed by atoms with Crippen LogP contribution in [0.1, 0.15) is 105 Å². The zero-order chi connectivity index (χ0) is 32.2. The van der Waals surface area contributed by atoms with Gasteiger partial charge in [0.2, 0.25) is 0 Å². The van der Waals surface area contributed by atoms with Gasteiger partial charge in [0.05, 0.1) is 35.2 Å². The maximum Gasteiger partial charge on any atom is 0.131 e. The molecule has 5 aromatic rings. The van der Waals surface area contributed by atoms with E-state index in [1.54, 1.807) is 0 Å². The second-order valence-corrected chi connectivity index (χ2v) is 16.0. The first-order valence-electron chi connectivity index (χ1n) is 15.4. The molecule has 7 heteroatoms. The first-order chi connectivity index (χ1) is 20.3. The lowest BCUT2D eigenvalue weighted by molar-refractivity contribution is 0.566. The first kappa shape index (κ1) is 31.3. The molecule has 3 heterocycles. The Morgan fingerprint density at radius 3 is 1.05 bits per heavy atom. The quantitative estimate of drug-likeness (QED) is 0.209. The van der Waals surface area contributed by atoms with Gasteiger partial charge in [0, 0.05) is 0 Å². The second kappa shape index (κ2) is 10.8. The van der Waals surface area contributed by atoms with Crippen LogP contribution in [0.25, 0.3) is 34.2 Å². The molecule has 7 nitrogen and oxygen atoms in total. The summed E-state index contributed by atoms with van der Waals surface area (Å²) >= 11 is 0. The number of aromatic nitrogens is 7. The summed E-state index contributed by atoms with van der Waals surface area (Å²) in [6, 6.07) is 19.3. The maximum atomic E-state index is 4.92. The van der Waals surface area contributed by atoms with Crippen LogP contribution in [0.2, 0.25) is 0 Å². The largest absolute Gasteiger partial charge is 0.244 e. The minimum absolute atomic E-state index is 0.00905. The molecule has 0 bridgehead atoms. The van der Waals surface area contributed by atoms with Crippen molar-refractivity contribution in [1.29, 1.82) is 0 Å². The van der Waals surface area contributed by atoms with Gasteiger partial charge in [0.25, 0.3) is 0 Å². The molecule has 0 spiro atoms. The number of pyridine rings is 1. The lowest BCUT2D eigenvalue weighted by atomic mass is 9.80. The van der Waals surface area contributed by atoms with Crippen LogP contribution in [0.5, 0.6) is 0 Å². The predicted octanol–water partition coefficient (Wildman–Crippen LogP) is 8.77. The summed E-state index contributed by atoms with van der Waals surface area (Å²) < 4.78 is 3.69. The summed E-state index contributed by atoms with van der Waals surface area (Å²) in [5, 5.41) is 18.0. The molecule has 0 fully saturated rings. The van der Waals surface area contributed by atoms with Gasteiger partial charge in [-0.1, -0.05) is 112 Å². The summed E-state index contributed by atoms with van der Waals surface area (Å²) in [4.78, 5) is 4.92. The molecule has 0 atom stereocenters. The van der Waals surface area contributed by atoms with E-state index in [4.69, 9.17) is 4.98 Å². The van der Waals surface area contributed by atoms with Gasteiger partial charge in [0.1, 0.15) is 11.4 Å². The highest BCUT2D eigenvalue weighted by Crippen LogP contribution is 2.33.